The quantitative estimate of drug-likeness (QED) is 0.193. The number of carbonyl (C=O) groups is 3. The smallest absolute Gasteiger partial charge is 0.252 e. The van der Waals surface area contributed by atoms with Gasteiger partial charge in [-0.05, 0) is 88.8 Å². The molecular weight excluding hydrogens is 663 g/mol. The van der Waals surface area contributed by atoms with Crippen molar-refractivity contribution in [1.82, 2.24) is 30.6 Å². The molecule has 2 amide bonds. The van der Waals surface area contributed by atoms with E-state index in [2.05, 4.69) is 32.0 Å². The number of carbonyl (C=O) groups excluding carboxylic acids is 3. The van der Waals surface area contributed by atoms with Crippen LogP contribution in [0.15, 0.2) is 36.4 Å². The summed E-state index contributed by atoms with van der Waals surface area (Å²) in [5.74, 6) is -0.0208. The van der Waals surface area contributed by atoms with Crippen molar-refractivity contribution >= 4 is 63.6 Å². The van der Waals surface area contributed by atoms with Gasteiger partial charge in [0.25, 0.3) is 5.91 Å². The molecule has 2 fully saturated rings. The number of hydrogen-bond donors (Lipinski definition) is 3. The number of halogens is 2. The van der Waals surface area contributed by atoms with E-state index in [-0.39, 0.29) is 17.7 Å². The van der Waals surface area contributed by atoms with E-state index in [0.717, 1.165) is 62.9 Å². The van der Waals surface area contributed by atoms with Crippen LogP contribution in [0.1, 0.15) is 84.8 Å². The fourth-order valence-electron chi connectivity index (χ4n) is 5.57. The van der Waals surface area contributed by atoms with Gasteiger partial charge in [0.2, 0.25) is 11.8 Å². The largest absolute Gasteiger partial charge is 0.355 e. The van der Waals surface area contributed by atoms with Gasteiger partial charge in [-0.25, -0.2) is 4.68 Å². The van der Waals surface area contributed by atoms with Crippen LogP contribution in [-0.4, -0.2) is 50.8 Å². The first-order valence-electron chi connectivity index (χ1n) is 15.4. The van der Waals surface area contributed by atoms with Crippen molar-refractivity contribution in [1.29, 1.82) is 0 Å². The Balaban J connectivity index is 0.000000187. The Hall–Kier alpha value is -2.99. The van der Waals surface area contributed by atoms with Crippen molar-refractivity contribution in [2.24, 2.45) is 5.41 Å². The molecule has 2 unspecified atom stereocenters. The minimum absolute atomic E-state index is 0.0260. The molecule has 0 aliphatic carbocycles. The van der Waals surface area contributed by atoms with Gasteiger partial charge in [0.1, 0.15) is 0 Å². The molecule has 3 N–H and O–H groups in total. The molecule has 4 aromatic rings. The highest BCUT2D eigenvalue weighted by molar-refractivity contribution is 7.16. The van der Waals surface area contributed by atoms with Crippen molar-refractivity contribution in [2.45, 2.75) is 84.0 Å². The monoisotopic (exact) mass is 702 g/mol. The lowest BCUT2D eigenvalue weighted by Gasteiger charge is -2.19. The molecule has 6 heterocycles. The lowest BCUT2D eigenvalue weighted by atomic mass is 9.85. The summed E-state index contributed by atoms with van der Waals surface area (Å²) in [7, 11) is 0. The molecule has 4 aromatic heterocycles. The molecule has 9 nitrogen and oxygen atoms in total. The molecule has 2 aliphatic heterocycles. The zero-order valence-corrected chi connectivity index (χ0v) is 29.9. The van der Waals surface area contributed by atoms with Crippen molar-refractivity contribution in [3.8, 4) is 0 Å². The summed E-state index contributed by atoms with van der Waals surface area (Å²) in [6.07, 6.45) is 4.75. The highest BCUT2D eigenvalue weighted by Crippen LogP contribution is 2.33. The third-order valence-corrected chi connectivity index (χ3v) is 11.3. The number of thiophene rings is 2. The van der Waals surface area contributed by atoms with Crippen LogP contribution in [0.3, 0.4) is 0 Å². The van der Waals surface area contributed by atoms with E-state index in [1.54, 1.807) is 22.7 Å². The van der Waals surface area contributed by atoms with Gasteiger partial charge in [-0.1, -0.05) is 44.0 Å². The second kappa shape index (κ2) is 13.6. The molecule has 0 aromatic carbocycles. The van der Waals surface area contributed by atoms with E-state index >= 15 is 0 Å². The van der Waals surface area contributed by atoms with Crippen molar-refractivity contribution in [3.05, 3.63) is 77.6 Å². The summed E-state index contributed by atoms with van der Waals surface area (Å²) in [5, 5.41) is 17.7. The van der Waals surface area contributed by atoms with Crippen molar-refractivity contribution < 1.29 is 14.4 Å². The number of H-pyrrole nitrogens is 1. The number of aromatic amines is 1. The number of amides is 2. The van der Waals surface area contributed by atoms with Gasteiger partial charge < -0.3 is 10.6 Å². The second-order valence-corrected chi connectivity index (χ2v) is 17.0. The summed E-state index contributed by atoms with van der Waals surface area (Å²) < 4.78 is 3.08. The lowest BCUT2D eigenvalue weighted by molar-refractivity contribution is -0.124. The van der Waals surface area contributed by atoms with Gasteiger partial charge in [0, 0.05) is 39.6 Å². The molecule has 6 rings (SSSR count). The topological polar surface area (TPSA) is 122 Å². The maximum atomic E-state index is 12.9. The van der Waals surface area contributed by atoms with Gasteiger partial charge in [-0.2, -0.15) is 10.2 Å². The van der Waals surface area contributed by atoms with Crippen LogP contribution >= 0.6 is 45.9 Å². The van der Waals surface area contributed by atoms with Crippen LogP contribution in [0.2, 0.25) is 8.67 Å². The van der Waals surface area contributed by atoms with Crippen LogP contribution in [-0.2, 0) is 46.1 Å². The third kappa shape index (κ3) is 7.43. The standard InChI is InChI=1S/C19H24ClN3O2S.C14H16ClN3OS/c1-18(2,3)17(25)23-12(5-6-13-7-8-15(20)26-13)11-14(22-23)19(4)9-10-21-16(19)24;1-14(6-7-16-13(14)19)11-8-9(17-18-11)2-3-10-4-5-12(15)20-10/h7-8,11H,5-6,9-10H2,1-4H3,(H,21,24);4-5,8H,2-3,6-7H2,1H3,(H,16,19)(H,17,18). The minimum Gasteiger partial charge on any atom is -0.355 e. The Bertz CT molecular complexity index is 1730. The van der Waals surface area contributed by atoms with E-state index in [1.807, 2.05) is 65.0 Å². The van der Waals surface area contributed by atoms with E-state index in [4.69, 9.17) is 23.2 Å². The fraction of sp³-hybridized carbons (Fsp3) is 0.485. The second-order valence-electron chi connectivity index (χ2n) is 13.4. The predicted octanol–water partition coefficient (Wildman–Crippen LogP) is 6.53. The van der Waals surface area contributed by atoms with Crippen molar-refractivity contribution in [2.75, 3.05) is 13.1 Å². The number of aromatic nitrogens is 4. The molecule has 0 bridgehead atoms. The Labute approximate surface area is 287 Å². The molecule has 2 saturated heterocycles. The fourth-order valence-corrected chi connectivity index (χ4v) is 7.75. The average Bonchev–Trinajstić information content (AvgIpc) is 3.84. The molecule has 0 spiro atoms. The zero-order valence-electron chi connectivity index (χ0n) is 26.8. The molecule has 13 heteroatoms. The predicted molar refractivity (Wildman–Crippen MR) is 184 cm³/mol. The normalized spacial score (nSPS) is 21.2. The van der Waals surface area contributed by atoms with Crippen LogP contribution in [0, 0.1) is 5.41 Å². The molecule has 46 heavy (non-hydrogen) atoms. The molecule has 2 atom stereocenters. The zero-order chi connectivity index (χ0) is 33.3. The van der Waals surface area contributed by atoms with Crippen LogP contribution in [0.5, 0.6) is 0 Å². The highest BCUT2D eigenvalue weighted by atomic mass is 35.5. The summed E-state index contributed by atoms with van der Waals surface area (Å²) in [6.45, 7) is 10.8. The summed E-state index contributed by atoms with van der Waals surface area (Å²) in [4.78, 5) is 39.5. The summed E-state index contributed by atoms with van der Waals surface area (Å²) >= 11 is 15.1. The highest BCUT2D eigenvalue weighted by Gasteiger charge is 2.43. The van der Waals surface area contributed by atoms with Gasteiger partial charge in [0.05, 0.1) is 30.9 Å². The Morgan fingerprint density at radius 3 is 1.87 bits per heavy atom. The first-order valence-corrected chi connectivity index (χ1v) is 17.8. The first kappa shape index (κ1) is 34.3. The summed E-state index contributed by atoms with van der Waals surface area (Å²) in [6, 6.07) is 11.8. The SMILES string of the molecule is CC(C)(C)C(=O)n1nc(C2(C)CCNC2=O)cc1CCc1ccc(Cl)s1.CC1(c2cc(CCc3ccc(Cl)s3)[nH]n2)CCNC1=O. The minimum atomic E-state index is -0.676. The van der Waals surface area contributed by atoms with E-state index in [1.165, 1.54) is 9.56 Å². The molecule has 246 valence electrons. The number of nitrogens with zero attached hydrogens (tertiary/aromatic N) is 3. The number of aryl methyl sites for hydroxylation is 4. The van der Waals surface area contributed by atoms with Crippen LogP contribution in [0.4, 0.5) is 0 Å². The Morgan fingerprint density at radius 1 is 0.848 bits per heavy atom. The molecule has 0 saturated carbocycles. The number of hydrogen-bond acceptors (Lipinski definition) is 7. The van der Waals surface area contributed by atoms with Gasteiger partial charge >= 0.3 is 0 Å². The Kier molecular flexibility index (Phi) is 10.2. The van der Waals surface area contributed by atoms with E-state index in [9.17, 15) is 14.4 Å². The van der Waals surface area contributed by atoms with Crippen molar-refractivity contribution in [3.63, 3.8) is 0 Å². The van der Waals surface area contributed by atoms with Gasteiger partial charge in [0.15, 0.2) is 0 Å². The Morgan fingerprint density at radius 2 is 1.39 bits per heavy atom. The molecule has 0 radical (unpaired) electrons. The number of rotatable bonds is 8. The maximum absolute atomic E-state index is 12.9. The molecular formula is C33H40Cl2N6O3S2. The average molecular weight is 704 g/mol. The van der Waals surface area contributed by atoms with Gasteiger partial charge in [-0.15, -0.1) is 22.7 Å². The third-order valence-electron chi connectivity index (χ3n) is 8.73. The van der Waals surface area contributed by atoms with Crippen LogP contribution < -0.4 is 10.6 Å². The van der Waals surface area contributed by atoms with Crippen LogP contribution in [0.25, 0.3) is 0 Å². The first-order chi connectivity index (χ1) is 21.7. The lowest BCUT2D eigenvalue weighted by Crippen LogP contribution is -2.34. The maximum Gasteiger partial charge on any atom is 0.252 e. The van der Waals surface area contributed by atoms with E-state index < -0.39 is 16.2 Å². The van der Waals surface area contributed by atoms with E-state index in [0.29, 0.717) is 25.1 Å². The summed E-state index contributed by atoms with van der Waals surface area (Å²) in [5.41, 5.74) is 1.70. The number of nitrogens with one attached hydrogen (secondary N) is 3. The molecule has 2 aliphatic rings. The van der Waals surface area contributed by atoms with Gasteiger partial charge in [-0.3, -0.25) is 19.5 Å².